The molecule has 0 saturated carbocycles. The number of hydrogen-bond donors (Lipinski definition) is 2. The van der Waals surface area contributed by atoms with Crippen molar-refractivity contribution in [2.24, 2.45) is 0 Å². The summed E-state index contributed by atoms with van der Waals surface area (Å²) in [5.74, 6) is -0.585. The zero-order valence-electron chi connectivity index (χ0n) is 16.2. The molecule has 5 heteroatoms. The highest BCUT2D eigenvalue weighted by atomic mass is 16.2. The fourth-order valence-corrected chi connectivity index (χ4v) is 2.97. The van der Waals surface area contributed by atoms with Gasteiger partial charge in [0.2, 0.25) is 0 Å². The van der Waals surface area contributed by atoms with Crippen LogP contribution in [0.1, 0.15) is 43.1 Å². The molecule has 5 nitrogen and oxygen atoms in total. The van der Waals surface area contributed by atoms with Gasteiger partial charge in [0.1, 0.15) is 5.69 Å². The average molecular weight is 373 g/mol. The van der Waals surface area contributed by atoms with Gasteiger partial charge in [0.05, 0.1) is 0 Å². The zero-order valence-corrected chi connectivity index (χ0v) is 16.2. The zero-order chi connectivity index (χ0) is 20.1. The highest BCUT2D eigenvalue weighted by Crippen LogP contribution is 2.20. The summed E-state index contributed by atoms with van der Waals surface area (Å²) in [5, 5.41) is 5.78. The van der Waals surface area contributed by atoms with Crippen molar-refractivity contribution in [2.45, 2.75) is 27.3 Å². The van der Waals surface area contributed by atoms with E-state index in [0.717, 1.165) is 27.9 Å². The second-order valence-corrected chi connectivity index (χ2v) is 6.76. The summed E-state index contributed by atoms with van der Waals surface area (Å²) >= 11 is 0. The third-order valence-electron chi connectivity index (χ3n) is 4.68. The van der Waals surface area contributed by atoms with Crippen molar-refractivity contribution in [3.63, 3.8) is 0 Å². The first-order chi connectivity index (χ1) is 13.5. The smallest absolute Gasteiger partial charge is 0.274 e. The molecule has 0 atom stereocenters. The topological polar surface area (TPSA) is 71.1 Å². The Kier molecular flexibility index (Phi) is 5.84. The molecule has 2 N–H and O–H groups in total. The van der Waals surface area contributed by atoms with Crippen LogP contribution in [0.4, 0.5) is 5.69 Å². The lowest BCUT2D eigenvalue weighted by Crippen LogP contribution is -2.24. The number of rotatable bonds is 5. The summed E-state index contributed by atoms with van der Waals surface area (Å²) in [7, 11) is 0. The van der Waals surface area contributed by atoms with E-state index in [4.69, 9.17) is 0 Å². The molecule has 142 valence electrons. The molecule has 2 aromatic carbocycles. The van der Waals surface area contributed by atoms with Gasteiger partial charge in [-0.25, -0.2) is 0 Å². The van der Waals surface area contributed by atoms with E-state index in [1.54, 1.807) is 6.07 Å². The van der Waals surface area contributed by atoms with Crippen LogP contribution in [0.3, 0.4) is 0 Å². The maximum atomic E-state index is 12.6. The number of carbonyl (C=O) groups excluding carboxylic acids is 2. The van der Waals surface area contributed by atoms with Gasteiger partial charge in [0.25, 0.3) is 11.8 Å². The Labute approximate surface area is 164 Å². The number of anilines is 1. The molecule has 0 aliphatic rings. The summed E-state index contributed by atoms with van der Waals surface area (Å²) in [6.07, 6.45) is 1.47. The standard InChI is InChI=1S/C23H23N3O2/c1-15-7-4-5-10-19(15)14-25-22(27)18-11-12-24-20(13-18)23(28)26-21-16(2)8-6-9-17(21)3/h4-13H,14H2,1-3H3,(H,25,27)(H,26,28). The number of aromatic nitrogens is 1. The molecule has 0 aliphatic heterocycles. The van der Waals surface area contributed by atoms with Crippen LogP contribution in [-0.2, 0) is 6.54 Å². The Bertz CT molecular complexity index is 1010. The van der Waals surface area contributed by atoms with E-state index >= 15 is 0 Å². The fourth-order valence-electron chi connectivity index (χ4n) is 2.97. The first kappa shape index (κ1) is 19.3. The van der Waals surface area contributed by atoms with E-state index in [0.29, 0.717) is 12.1 Å². The molecule has 0 spiro atoms. The van der Waals surface area contributed by atoms with Crippen LogP contribution in [0.2, 0.25) is 0 Å². The lowest BCUT2D eigenvalue weighted by molar-refractivity contribution is 0.0950. The molecule has 0 bridgehead atoms. The van der Waals surface area contributed by atoms with E-state index in [9.17, 15) is 9.59 Å². The van der Waals surface area contributed by atoms with Gasteiger partial charge in [-0.15, -0.1) is 0 Å². The third kappa shape index (κ3) is 4.43. The number of amides is 2. The van der Waals surface area contributed by atoms with Crippen molar-refractivity contribution in [2.75, 3.05) is 5.32 Å². The number of para-hydroxylation sites is 1. The van der Waals surface area contributed by atoms with Crippen molar-refractivity contribution >= 4 is 17.5 Å². The number of hydrogen-bond acceptors (Lipinski definition) is 3. The minimum atomic E-state index is -0.342. The number of nitrogens with one attached hydrogen (secondary N) is 2. The number of carbonyl (C=O) groups is 2. The second-order valence-electron chi connectivity index (χ2n) is 6.76. The molecule has 2 amide bonds. The summed E-state index contributed by atoms with van der Waals surface area (Å²) < 4.78 is 0. The first-order valence-electron chi connectivity index (χ1n) is 9.12. The van der Waals surface area contributed by atoms with Gasteiger partial charge < -0.3 is 10.6 Å². The quantitative estimate of drug-likeness (QED) is 0.704. The van der Waals surface area contributed by atoms with Crippen LogP contribution in [0.5, 0.6) is 0 Å². The Morgan fingerprint density at radius 3 is 2.25 bits per heavy atom. The lowest BCUT2D eigenvalue weighted by Gasteiger charge is -2.12. The Morgan fingerprint density at radius 1 is 0.857 bits per heavy atom. The van der Waals surface area contributed by atoms with Crippen LogP contribution < -0.4 is 10.6 Å². The molecule has 0 aliphatic carbocycles. The van der Waals surface area contributed by atoms with E-state index in [2.05, 4.69) is 15.6 Å². The van der Waals surface area contributed by atoms with Gasteiger partial charge >= 0.3 is 0 Å². The van der Waals surface area contributed by atoms with Crippen molar-refractivity contribution in [3.05, 3.63) is 94.3 Å². The maximum absolute atomic E-state index is 12.6. The molecule has 3 aromatic rings. The normalized spacial score (nSPS) is 10.4. The molecule has 1 heterocycles. The van der Waals surface area contributed by atoms with Crippen LogP contribution in [-0.4, -0.2) is 16.8 Å². The fraction of sp³-hybridized carbons (Fsp3) is 0.174. The van der Waals surface area contributed by atoms with E-state index in [-0.39, 0.29) is 17.5 Å². The third-order valence-corrected chi connectivity index (χ3v) is 4.68. The molecule has 0 fully saturated rings. The predicted octanol–water partition coefficient (Wildman–Crippen LogP) is 4.19. The van der Waals surface area contributed by atoms with Crippen molar-refractivity contribution in [1.82, 2.24) is 10.3 Å². The molecule has 0 saturated heterocycles. The van der Waals surface area contributed by atoms with Crippen molar-refractivity contribution in [3.8, 4) is 0 Å². The predicted molar refractivity (Wildman–Crippen MR) is 110 cm³/mol. The van der Waals surface area contributed by atoms with Crippen molar-refractivity contribution < 1.29 is 9.59 Å². The highest BCUT2D eigenvalue weighted by molar-refractivity contribution is 6.05. The van der Waals surface area contributed by atoms with Crippen molar-refractivity contribution in [1.29, 1.82) is 0 Å². The van der Waals surface area contributed by atoms with Gasteiger partial charge in [-0.2, -0.15) is 0 Å². The molecular weight excluding hydrogens is 350 g/mol. The Balaban J connectivity index is 1.72. The van der Waals surface area contributed by atoms with Gasteiger partial charge in [0.15, 0.2) is 0 Å². The van der Waals surface area contributed by atoms with Gasteiger partial charge in [-0.3, -0.25) is 14.6 Å². The molecule has 28 heavy (non-hydrogen) atoms. The molecule has 0 unspecified atom stereocenters. The monoisotopic (exact) mass is 373 g/mol. The van der Waals surface area contributed by atoms with Crippen LogP contribution in [0, 0.1) is 20.8 Å². The largest absolute Gasteiger partial charge is 0.348 e. The number of nitrogens with zero attached hydrogens (tertiary/aromatic N) is 1. The summed E-state index contributed by atoms with van der Waals surface area (Å²) in [4.78, 5) is 29.2. The number of benzene rings is 2. The number of pyridine rings is 1. The Morgan fingerprint density at radius 2 is 1.54 bits per heavy atom. The second kappa shape index (κ2) is 8.48. The molecule has 0 radical (unpaired) electrons. The summed E-state index contributed by atoms with van der Waals surface area (Å²) in [5.41, 5.74) is 5.48. The SMILES string of the molecule is Cc1ccccc1CNC(=O)c1ccnc(C(=O)Nc2c(C)cccc2C)c1. The number of aryl methyl sites for hydroxylation is 3. The minimum Gasteiger partial charge on any atom is -0.348 e. The van der Waals surface area contributed by atoms with Crippen LogP contribution in [0.15, 0.2) is 60.8 Å². The van der Waals surface area contributed by atoms with Gasteiger partial charge in [0, 0.05) is 24.0 Å². The van der Waals surface area contributed by atoms with Crippen LogP contribution in [0.25, 0.3) is 0 Å². The minimum absolute atomic E-state index is 0.200. The van der Waals surface area contributed by atoms with Gasteiger partial charge in [-0.1, -0.05) is 42.5 Å². The summed E-state index contributed by atoms with van der Waals surface area (Å²) in [6.45, 7) is 6.30. The Hall–Kier alpha value is -3.47. The average Bonchev–Trinajstić information content (AvgIpc) is 2.70. The lowest BCUT2D eigenvalue weighted by atomic mass is 10.1. The molecule has 3 rings (SSSR count). The first-order valence-corrected chi connectivity index (χ1v) is 9.12. The van der Waals surface area contributed by atoms with Gasteiger partial charge in [-0.05, 0) is 55.2 Å². The van der Waals surface area contributed by atoms with E-state index in [1.807, 2.05) is 63.2 Å². The molecule has 1 aromatic heterocycles. The maximum Gasteiger partial charge on any atom is 0.274 e. The van der Waals surface area contributed by atoms with Crippen LogP contribution >= 0.6 is 0 Å². The summed E-state index contributed by atoms with van der Waals surface area (Å²) in [6, 6.07) is 16.8. The molecular formula is C23H23N3O2. The van der Waals surface area contributed by atoms with E-state index in [1.165, 1.54) is 12.3 Å². The van der Waals surface area contributed by atoms with E-state index < -0.39 is 0 Å². The highest BCUT2D eigenvalue weighted by Gasteiger charge is 2.14.